The fourth-order valence-electron chi connectivity index (χ4n) is 1.56. The predicted molar refractivity (Wildman–Crippen MR) is 63.4 cm³/mol. The van der Waals surface area contributed by atoms with Crippen molar-refractivity contribution in [2.45, 2.75) is 27.7 Å². The molecule has 0 fully saturated rings. The Balaban J connectivity index is 3.19. The van der Waals surface area contributed by atoms with Gasteiger partial charge in [0.2, 0.25) is 0 Å². The molecule has 1 aromatic carbocycles. The molecule has 0 bridgehead atoms. The van der Waals surface area contributed by atoms with E-state index >= 15 is 0 Å². The molecule has 0 aliphatic rings. The van der Waals surface area contributed by atoms with Crippen molar-refractivity contribution in [1.82, 2.24) is 5.32 Å². The van der Waals surface area contributed by atoms with Crippen LogP contribution in [0.25, 0.3) is 5.57 Å². The third-order valence-corrected chi connectivity index (χ3v) is 2.74. The van der Waals surface area contributed by atoms with Crippen LogP contribution in [0.1, 0.15) is 29.2 Å². The molecule has 1 heteroatoms. The summed E-state index contributed by atoms with van der Waals surface area (Å²) in [5.41, 5.74) is 6.71. The van der Waals surface area contributed by atoms with Gasteiger partial charge in [-0.05, 0) is 61.7 Å². The highest BCUT2D eigenvalue weighted by atomic mass is 14.8. The van der Waals surface area contributed by atoms with Crippen molar-refractivity contribution in [3.05, 3.63) is 40.6 Å². The molecule has 0 heterocycles. The minimum absolute atomic E-state index is 1.28. The molecular formula is C13H19N. The highest BCUT2D eigenvalue weighted by molar-refractivity contribution is 5.65. The van der Waals surface area contributed by atoms with Crippen LogP contribution < -0.4 is 5.32 Å². The molecular weight excluding hydrogens is 170 g/mol. The smallest absolute Gasteiger partial charge is 0.00278 e. The van der Waals surface area contributed by atoms with E-state index in [0.717, 1.165) is 0 Å². The van der Waals surface area contributed by atoms with E-state index < -0.39 is 0 Å². The average Bonchev–Trinajstić information content (AvgIpc) is 2.13. The standard InChI is InChI=1S/C13H19N/c1-9-6-13(11(3)8-14-5)7-10(2)12(9)4/h6-8,14H,1-5H3. The summed E-state index contributed by atoms with van der Waals surface area (Å²) >= 11 is 0. The Labute approximate surface area is 86.8 Å². The molecule has 0 atom stereocenters. The van der Waals surface area contributed by atoms with Crippen LogP contribution in [0.5, 0.6) is 0 Å². The lowest BCUT2D eigenvalue weighted by Gasteiger charge is -2.09. The first-order chi connectivity index (χ1) is 6.56. The van der Waals surface area contributed by atoms with Crippen molar-refractivity contribution in [1.29, 1.82) is 0 Å². The second-order valence-electron chi connectivity index (χ2n) is 3.85. The summed E-state index contributed by atoms with van der Waals surface area (Å²) in [7, 11) is 1.93. The normalized spacial score (nSPS) is 11.6. The van der Waals surface area contributed by atoms with Gasteiger partial charge in [0.15, 0.2) is 0 Å². The van der Waals surface area contributed by atoms with Gasteiger partial charge < -0.3 is 5.32 Å². The third-order valence-electron chi connectivity index (χ3n) is 2.74. The number of hydrogen-bond donors (Lipinski definition) is 1. The van der Waals surface area contributed by atoms with Gasteiger partial charge in [-0.1, -0.05) is 12.1 Å². The number of aryl methyl sites for hydroxylation is 2. The van der Waals surface area contributed by atoms with E-state index in [1.165, 1.54) is 27.8 Å². The summed E-state index contributed by atoms with van der Waals surface area (Å²) in [6, 6.07) is 4.48. The Kier molecular flexibility index (Phi) is 3.34. The fourth-order valence-corrected chi connectivity index (χ4v) is 1.56. The van der Waals surface area contributed by atoms with E-state index in [1.807, 2.05) is 13.2 Å². The molecule has 0 radical (unpaired) electrons. The SMILES string of the molecule is CNC=C(C)c1cc(C)c(C)c(C)c1. The molecule has 1 aromatic rings. The van der Waals surface area contributed by atoms with Crippen LogP contribution in [-0.4, -0.2) is 7.05 Å². The number of nitrogens with one attached hydrogen (secondary N) is 1. The zero-order valence-electron chi connectivity index (χ0n) is 9.73. The van der Waals surface area contributed by atoms with Crippen LogP contribution in [0.2, 0.25) is 0 Å². The monoisotopic (exact) mass is 189 g/mol. The summed E-state index contributed by atoms with van der Waals surface area (Å²) in [5, 5.41) is 3.06. The van der Waals surface area contributed by atoms with Crippen LogP contribution in [0.4, 0.5) is 0 Å². The Morgan fingerprint density at radius 2 is 1.64 bits per heavy atom. The summed E-state index contributed by atoms with van der Waals surface area (Å²) < 4.78 is 0. The maximum Gasteiger partial charge on any atom is 0.00278 e. The molecule has 0 amide bonds. The molecule has 1 N–H and O–H groups in total. The van der Waals surface area contributed by atoms with E-state index in [2.05, 4.69) is 45.1 Å². The van der Waals surface area contributed by atoms with E-state index in [0.29, 0.717) is 0 Å². The van der Waals surface area contributed by atoms with Gasteiger partial charge in [0.05, 0.1) is 0 Å². The molecule has 14 heavy (non-hydrogen) atoms. The topological polar surface area (TPSA) is 12.0 Å². The van der Waals surface area contributed by atoms with Crippen molar-refractivity contribution in [3.8, 4) is 0 Å². The Morgan fingerprint density at radius 1 is 1.14 bits per heavy atom. The molecule has 0 aromatic heterocycles. The van der Waals surface area contributed by atoms with Crippen LogP contribution in [-0.2, 0) is 0 Å². The Morgan fingerprint density at radius 3 is 2.07 bits per heavy atom. The van der Waals surface area contributed by atoms with Crippen molar-refractivity contribution in [3.63, 3.8) is 0 Å². The van der Waals surface area contributed by atoms with Gasteiger partial charge in [-0.3, -0.25) is 0 Å². The summed E-state index contributed by atoms with van der Waals surface area (Å²) in [4.78, 5) is 0. The van der Waals surface area contributed by atoms with E-state index in [9.17, 15) is 0 Å². The van der Waals surface area contributed by atoms with Crippen molar-refractivity contribution in [2.75, 3.05) is 7.05 Å². The Hall–Kier alpha value is -1.24. The lowest BCUT2D eigenvalue weighted by Crippen LogP contribution is -1.96. The van der Waals surface area contributed by atoms with E-state index in [-0.39, 0.29) is 0 Å². The molecule has 1 rings (SSSR count). The van der Waals surface area contributed by atoms with Gasteiger partial charge in [0.25, 0.3) is 0 Å². The van der Waals surface area contributed by atoms with Gasteiger partial charge >= 0.3 is 0 Å². The molecule has 76 valence electrons. The zero-order chi connectivity index (χ0) is 10.7. The highest BCUT2D eigenvalue weighted by Crippen LogP contribution is 2.20. The van der Waals surface area contributed by atoms with E-state index in [1.54, 1.807) is 0 Å². The van der Waals surface area contributed by atoms with Gasteiger partial charge in [0, 0.05) is 7.05 Å². The number of benzene rings is 1. The quantitative estimate of drug-likeness (QED) is 0.753. The van der Waals surface area contributed by atoms with Crippen LogP contribution in [0.3, 0.4) is 0 Å². The molecule has 0 spiro atoms. The van der Waals surface area contributed by atoms with Crippen LogP contribution >= 0.6 is 0 Å². The lowest BCUT2D eigenvalue weighted by molar-refractivity contribution is 1.10. The van der Waals surface area contributed by atoms with Crippen molar-refractivity contribution in [2.24, 2.45) is 0 Å². The first-order valence-corrected chi connectivity index (χ1v) is 4.98. The third kappa shape index (κ3) is 2.16. The van der Waals surface area contributed by atoms with Gasteiger partial charge in [-0.25, -0.2) is 0 Å². The highest BCUT2D eigenvalue weighted by Gasteiger charge is 2.01. The maximum atomic E-state index is 3.06. The van der Waals surface area contributed by atoms with Crippen molar-refractivity contribution >= 4 is 5.57 Å². The largest absolute Gasteiger partial charge is 0.394 e. The summed E-state index contributed by atoms with van der Waals surface area (Å²) in [6.07, 6.45) is 2.03. The van der Waals surface area contributed by atoms with Gasteiger partial charge in [-0.2, -0.15) is 0 Å². The molecule has 0 saturated carbocycles. The number of hydrogen-bond acceptors (Lipinski definition) is 1. The Bertz CT molecular complexity index is 338. The first-order valence-electron chi connectivity index (χ1n) is 4.98. The van der Waals surface area contributed by atoms with Crippen LogP contribution in [0.15, 0.2) is 18.3 Å². The predicted octanol–water partition coefficient (Wildman–Crippen LogP) is 3.19. The molecule has 0 aliphatic carbocycles. The summed E-state index contributed by atoms with van der Waals surface area (Å²) in [5.74, 6) is 0. The molecule has 0 unspecified atom stereocenters. The first kappa shape index (κ1) is 10.8. The van der Waals surface area contributed by atoms with E-state index in [4.69, 9.17) is 0 Å². The molecule has 1 nitrogen and oxygen atoms in total. The van der Waals surface area contributed by atoms with Gasteiger partial charge in [0.1, 0.15) is 0 Å². The molecule has 0 saturated heterocycles. The number of rotatable bonds is 2. The van der Waals surface area contributed by atoms with Crippen LogP contribution in [0, 0.1) is 20.8 Å². The van der Waals surface area contributed by atoms with Crippen molar-refractivity contribution < 1.29 is 0 Å². The minimum Gasteiger partial charge on any atom is -0.394 e. The summed E-state index contributed by atoms with van der Waals surface area (Å²) in [6.45, 7) is 8.63. The number of allylic oxidation sites excluding steroid dienone is 1. The zero-order valence-corrected chi connectivity index (χ0v) is 9.73. The second-order valence-corrected chi connectivity index (χ2v) is 3.85. The molecule has 0 aliphatic heterocycles. The average molecular weight is 189 g/mol. The van der Waals surface area contributed by atoms with Gasteiger partial charge in [-0.15, -0.1) is 0 Å². The second kappa shape index (κ2) is 4.32. The fraction of sp³-hybridized carbons (Fsp3) is 0.385. The minimum atomic E-state index is 1.28. The maximum absolute atomic E-state index is 3.06. The lowest BCUT2D eigenvalue weighted by atomic mass is 9.97.